The maximum absolute atomic E-state index is 12.8. The van der Waals surface area contributed by atoms with Gasteiger partial charge in [0, 0.05) is 16.0 Å². The van der Waals surface area contributed by atoms with Crippen LogP contribution in [0.25, 0.3) is 0 Å². The number of rotatable bonds is 15. The second-order valence-corrected chi connectivity index (χ2v) is 9.85. The first-order valence-corrected chi connectivity index (χ1v) is 13.3. The molecule has 3 unspecified atom stereocenters. The Labute approximate surface area is 178 Å². The first-order valence-electron chi connectivity index (χ1n) is 7.12. The van der Waals surface area contributed by atoms with Crippen LogP contribution in [0.1, 0.15) is 38.5 Å². The zero-order valence-electron chi connectivity index (χ0n) is 12.4. The van der Waals surface area contributed by atoms with Crippen molar-refractivity contribution < 1.29 is 18.1 Å². The summed E-state index contributed by atoms with van der Waals surface area (Å²) in [5, 5.41) is 2.29. The third-order valence-electron chi connectivity index (χ3n) is 2.42. The van der Waals surface area contributed by atoms with Gasteiger partial charge in [-0.1, -0.05) is 82.6 Å². The van der Waals surface area contributed by atoms with Crippen molar-refractivity contribution in [1.82, 2.24) is 0 Å². The highest BCUT2D eigenvalue weighted by Gasteiger charge is 2.35. The molecule has 0 fully saturated rings. The Hall–Kier alpha value is 2.42. The lowest BCUT2D eigenvalue weighted by molar-refractivity contribution is 0.0794. The molecule has 0 aromatic heterocycles. The van der Waals surface area contributed by atoms with Gasteiger partial charge in [-0.3, -0.25) is 13.6 Å². The van der Waals surface area contributed by atoms with E-state index in [0.29, 0.717) is 19.3 Å². The molecule has 0 spiro atoms. The molecule has 0 amide bonds. The van der Waals surface area contributed by atoms with E-state index in [1.165, 1.54) is 0 Å². The van der Waals surface area contributed by atoms with E-state index < -0.39 is 24.5 Å². The van der Waals surface area contributed by atoms with Crippen LogP contribution in [0.3, 0.4) is 0 Å². The van der Waals surface area contributed by atoms with Crippen molar-refractivity contribution in [3.8, 4) is 0 Å². The van der Waals surface area contributed by atoms with Crippen LogP contribution >= 0.6 is 90.4 Å². The lowest BCUT2D eigenvalue weighted by atomic mass is 10.4. The van der Waals surface area contributed by atoms with Crippen molar-refractivity contribution >= 4 is 90.4 Å². The van der Waals surface area contributed by atoms with Crippen molar-refractivity contribution in [2.75, 3.05) is 16.0 Å². The van der Waals surface area contributed by atoms with E-state index in [0.717, 1.165) is 35.3 Å². The fourth-order valence-electron chi connectivity index (χ4n) is 1.37. The lowest BCUT2D eigenvalue weighted by Crippen LogP contribution is -2.15. The summed E-state index contributed by atoms with van der Waals surface area (Å²) in [6.45, 7) is 0. The standard InChI is InChI=1S/C12H21Br3Cl3O4P/c13-7-1-4-10(16)20-23(19,21-11(17)5-2-8-14)22-12(18)6-3-9-15/h10-12H,1-9H2. The van der Waals surface area contributed by atoms with Gasteiger partial charge in [-0.05, 0) is 38.5 Å². The van der Waals surface area contributed by atoms with Gasteiger partial charge in [-0.2, -0.15) is 0 Å². The number of halogens is 6. The summed E-state index contributed by atoms with van der Waals surface area (Å²) in [6.07, 6.45) is 3.76. The van der Waals surface area contributed by atoms with E-state index in [-0.39, 0.29) is 0 Å². The van der Waals surface area contributed by atoms with Gasteiger partial charge in [0.05, 0.1) is 0 Å². The second-order valence-electron chi connectivity index (χ2n) is 4.49. The van der Waals surface area contributed by atoms with Gasteiger partial charge in [-0.15, -0.1) is 0 Å². The molecule has 0 radical (unpaired) electrons. The van der Waals surface area contributed by atoms with Crippen molar-refractivity contribution in [2.45, 2.75) is 55.2 Å². The largest absolute Gasteiger partial charge is 0.479 e. The van der Waals surface area contributed by atoms with Crippen LogP contribution in [0.4, 0.5) is 0 Å². The number of hydrogen-bond acceptors (Lipinski definition) is 4. The molecule has 0 aliphatic rings. The molecule has 0 saturated heterocycles. The molecule has 0 heterocycles. The van der Waals surface area contributed by atoms with E-state index in [1.54, 1.807) is 0 Å². The molecule has 23 heavy (non-hydrogen) atoms. The van der Waals surface area contributed by atoms with Crippen LogP contribution in [0.15, 0.2) is 0 Å². The lowest BCUT2D eigenvalue weighted by Gasteiger charge is -2.24. The summed E-state index contributed by atoms with van der Waals surface area (Å²) >= 11 is 28.0. The number of alkyl halides is 6. The Morgan fingerprint density at radius 1 is 0.696 bits per heavy atom. The maximum Gasteiger partial charge on any atom is 0.479 e. The first kappa shape index (κ1) is 25.4. The van der Waals surface area contributed by atoms with Crippen LogP contribution < -0.4 is 0 Å². The molecule has 0 saturated carbocycles. The van der Waals surface area contributed by atoms with Gasteiger partial charge in [-0.25, -0.2) is 4.57 Å². The van der Waals surface area contributed by atoms with E-state index >= 15 is 0 Å². The fourth-order valence-corrected chi connectivity index (χ4v) is 4.98. The second kappa shape index (κ2) is 15.5. The van der Waals surface area contributed by atoms with Crippen molar-refractivity contribution in [1.29, 1.82) is 0 Å². The summed E-state index contributed by atoms with van der Waals surface area (Å²) in [6, 6.07) is 0. The highest BCUT2D eigenvalue weighted by Crippen LogP contribution is 2.55. The van der Waals surface area contributed by atoms with Gasteiger partial charge < -0.3 is 0 Å². The average molecular weight is 606 g/mol. The molecular weight excluding hydrogens is 585 g/mol. The molecule has 0 N–H and O–H groups in total. The Kier molecular flexibility index (Phi) is 17.1. The Morgan fingerprint density at radius 3 is 1.17 bits per heavy atom. The smallest absolute Gasteiger partial charge is 0.267 e. The van der Waals surface area contributed by atoms with Gasteiger partial charge in [0.1, 0.15) is 16.7 Å². The summed E-state index contributed by atoms with van der Waals surface area (Å²) in [4.78, 5) is 0. The highest BCUT2D eigenvalue weighted by molar-refractivity contribution is 9.09. The van der Waals surface area contributed by atoms with E-state index in [9.17, 15) is 4.57 Å². The predicted octanol–water partition coefficient (Wildman–Crippen LogP) is 7.36. The zero-order chi connectivity index (χ0) is 17.7. The zero-order valence-corrected chi connectivity index (χ0v) is 20.4. The van der Waals surface area contributed by atoms with Crippen LogP contribution in [-0.2, 0) is 18.1 Å². The predicted molar refractivity (Wildman–Crippen MR) is 109 cm³/mol. The van der Waals surface area contributed by atoms with Crippen molar-refractivity contribution in [2.24, 2.45) is 0 Å². The molecule has 4 nitrogen and oxygen atoms in total. The third-order valence-corrected chi connectivity index (χ3v) is 6.94. The SMILES string of the molecule is O=P(OC(Cl)CCCBr)(OC(Cl)CCCBr)OC(Cl)CCCBr. The molecule has 11 heteroatoms. The Bertz CT molecular complexity index is 297. The van der Waals surface area contributed by atoms with Crippen LogP contribution in [0, 0.1) is 0 Å². The van der Waals surface area contributed by atoms with Crippen LogP contribution in [0.2, 0.25) is 0 Å². The molecule has 0 aromatic carbocycles. The summed E-state index contributed by atoms with van der Waals surface area (Å²) < 4.78 is 28.7. The summed E-state index contributed by atoms with van der Waals surface area (Å²) in [5.41, 5.74) is -2.42. The molecule has 140 valence electrons. The van der Waals surface area contributed by atoms with Gasteiger partial charge in [0.25, 0.3) is 0 Å². The normalized spacial score (nSPS) is 18.3. The molecule has 0 rings (SSSR count). The number of hydrogen-bond donors (Lipinski definition) is 0. The molecular formula is C12H21Br3Cl3O4P. The van der Waals surface area contributed by atoms with Crippen molar-refractivity contribution in [3.63, 3.8) is 0 Å². The molecule has 0 aliphatic heterocycles. The van der Waals surface area contributed by atoms with Gasteiger partial charge >= 0.3 is 7.82 Å². The fraction of sp³-hybridized carbons (Fsp3) is 1.00. The highest BCUT2D eigenvalue weighted by atomic mass is 79.9. The average Bonchev–Trinajstić information content (AvgIpc) is 2.48. The molecule has 0 aromatic rings. The number of phosphoric acid groups is 1. The maximum atomic E-state index is 12.8. The summed E-state index contributed by atoms with van der Waals surface area (Å²) in [5.74, 6) is 0. The Morgan fingerprint density at radius 2 is 0.957 bits per heavy atom. The molecule has 0 bridgehead atoms. The number of phosphoric ester groups is 1. The monoisotopic (exact) mass is 602 g/mol. The summed E-state index contributed by atoms with van der Waals surface area (Å²) in [7, 11) is -3.95. The first-order chi connectivity index (χ1) is 10.9. The topological polar surface area (TPSA) is 44.8 Å². The minimum Gasteiger partial charge on any atom is -0.267 e. The quantitative estimate of drug-likeness (QED) is 0.144. The minimum absolute atomic E-state index is 0.492. The van der Waals surface area contributed by atoms with Crippen LogP contribution in [0.5, 0.6) is 0 Å². The van der Waals surface area contributed by atoms with Gasteiger partial charge in [0.15, 0.2) is 0 Å². The van der Waals surface area contributed by atoms with E-state index in [4.69, 9.17) is 48.4 Å². The minimum atomic E-state index is -3.95. The molecule has 3 atom stereocenters. The van der Waals surface area contributed by atoms with Gasteiger partial charge in [0.2, 0.25) is 0 Å². The van der Waals surface area contributed by atoms with Crippen molar-refractivity contribution in [3.05, 3.63) is 0 Å². The van der Waals surface area contributed by atoms with Crippen LogP contribution in [-0.4, -0.2) is 32.7 Å². The Balaban J connectivity index is 4.70. The molecule has 0 aliphatic carbocycles. The van der Waals surface area contributed by atoms with E-state index in [2.05, 4.69) is 47.8 Å². The van der Waals surface area contributed by atoms with E-state index in [1.807, 2.05) is 0 Å². The third kappa shape index (κ3) is 14.2.